The molecule has 2 aliphatic rings. The van der Waals surface area contributed by atoms with Crippen LogP contribution in [-0.2, 0) is 52.7 Å². The van der Waals surface area contributed by atoms with E-state index in [0.717, 1.165) is 0 Å². The van der Waals surface area contributed by atoms with E-state index in [1.54, 1.807) is 27.7 Å². The van der Waals surface area contributed by atoms with E-state index in [9.17, 15) is 68.1 Å². The lowest BCUT2D eigenvalue weighted by Crippen LogP contribution is -2.61. The maximum Gasteiger partial charge on any atom is 0.305 e. The average Bonchev–Trinajstić information content (AvgIpc) is 4.03. The Morgan fingerprint density at radius 3 is 1.71 bits per heavy atom. The first kappa shape index (κ1) is 62.8. The topological polar surface area (TPSA) is 417 Å². The number of carboxylic acids is 1. The number of hydrogen-bond acceptors (Lipinski definition) is 17. The van der Waals surface area contributed by atoms with Crippen molar-refractivity contribution in [1.82, 2.24) is 47.0 Å². The predicted octanol–water partition coefficient (Wildman–Crippen LogP) is -4.50. The molecule has 26 nitrogen and oxygen atoms in total. The van der Waals surface area contributed by atoms with Crippen molar-refractivity contribution >= 4 is 86.6 Å². The second kappa shape index (κ2) is 32.0. The fourth-order valence-electron chi connectivity index (χ4n) is 7.91. The van der Waals surface area contributed by atoms with Gasteiger partial charge in [0.25, 0.3) is 0 Å². The van der Waals surface area contributed by atoms with Crippen LogP contribution in [0.2, 0.25) is 0 Å². The number of aliphatic carboxylic acids is 1. The molecule has 0 spiro atoms. The first-order chi connectivity index (χ1) is 34.0. The summed E-state index contributed by atoms with van der Waals surface area (Å²) in [5, 5.41) is 46.4. The lowest BCUT2D eigenvalue weighted by Gasteiger charge is -2.32. The summed E-state index contributed by atoms with van der Waals surface area (Å²) in [6.07, 6.45) is 1.29. The minimum Gasteiger partial charge on any atom is -0.481 e. The van der Waals surface area contributed by atoms with Gasteiger partial charge in [0.1, 0.15) is 54.4 Å². The monoisotopic (exact) mass is 1060 g/mol. The number of likely N-dealkylation sites (tertiary alicyclic amines) is 2. The maximum atomic E-state index is 14.3. The Hall–Kier alpha value is -5.29. The van der Waals surface area contributed by atoms with E-state index < -0.39 is 152 Å². The molecule has 1 unspecified atom stereocenters. The second-order valence-corrected chi connectivity index (χ2v) is 21.1. The van der Waals surface area contributed by atoms with Crippen molar-refractivity contribution in [1.29, 1.82) is 0 Å². The summed E-state index contributed by atoms with van der Waals surface area (Å²) in [6, 6.07) is -11.8. The zero-order valence-corrected chi connectivity index (χ0v) is 43.3. The molecular weight excluding hydrogens is 985 g/mol. The number of nitrogens with one attached hydrogen (secondary N) is 7. The molecule has 2 fully saturated rings. The molecule has 2 aliphatic heterocycles. The van der Waals surface area contributed by atoms with E-state index in [0.29, 0.717) is 38.0 Å². The van der Waals surface area contributed by atoms with Gasteiger partial charge in [0.15, 0.2) is 0 Å². The standard InChI is InChI=1S/C44H76N12O14S2/c1-6-71-72-22-30(53-38(64)26(11-7-8-14-45)49-36(62)25(46)20-57)43(69)55-15-9-12-31(55)41(67)51-27(17-23(2)3)39(65)50-28(18-34(60)61)40(66)54-35(24(4)5)44(70)56-16-10-13-32(56)42(68)52-29(21-58)37(63)48-19-33(47)59/h23-32,35,57-58H,6-22,45-46H2,1-5H3,(H2,47,59)(H,48,63)(H,49,62)(H,50,65)(H,51,67)(H,52,68)(H,53,64)(H,54,66)(H,60,61)/t25-,26-,27-,28-,29-,30-,31-,32-,35?/m0/s1. The highest BCUT2D eigenvalue weighted by molar-refractivity contribution is 8.76. The molecule has 28 heteroatoms. The number of unbranched alkanes of at least 4 members (excludes halogenated alkanes) is 1. The summed E-state index contributed by atoms with van der Waals surface area (Å²) in [6.45, 7) is 7.05. The molecule has 0 aromatic carbocycles. The lowest BCUT2D eigenvalue weighted by molar-refractivity contribution is -0.144. The number of nitrogens with zero attached hydrogens (tertiary/aromatic N) is 2. The Bertz CT molecular complexity index is 1900. The van der Waals surface area contributed by atoms with Crippen molar-refractivity contribution in [2.45, 2.75) is 147 Å². The van der Waals surface area contributed by atoms with Crippen LogP contribution in [0.5, 0.6) is 0 Å². The van der Waals surface area contributed by atoms with E-state index in [1.807, 2.05) is 6.92 Å². The third kappa shape index (κ3) is 20.3. The van der Waals surface area contributed by atoms with E-state index in [-0.39, 0.29) is 50.4 Å². The van der Waals surface area contributed by atoms with Gasteiger partial charge in [-0.15, -0.1) is 0 Å². The lowest BCUT2D eigenvalue weighted by atomic mass is 10.00. The summed E-state index contributed by atoms with van der Waals surface area (Å²) in [5.41, 5.74) is 16.4. The summed E-state index contributed by atoms with van der Waals surface area (Å²) in [7, 11) is 2.74. The normalized spacial score (nSPS) is 18.4. The predicted molar refractivity (Wildman–Crippen MR) is 265 cm³/mol. The van der Waals surface area contributed by atoms with E-state index in [1.165, 1.54) is 31.4 Å². The number of amides is 10. The van der Waals surface area contributed by atoms with Crippen molar-refractivity contribution in [3.05, 3.63) is 0 Å². The largest absolute Gasteiger partial charge is 0.481 e. The molecule has 72 heavy (non-hydrogen) atoms. The SMILES string of the molecule is CCSSC[C@H](NC(=O)[C@H](CCCCN)NC(=O)[C@@H](N)CO)C(=O)N1CCC[C@H]1C(=O)N[C@@H](CC(C)C)C(=O)N[C@@H](CC(=O)O)C(=O)NC(C(=O)N1CCC[C@H]1C(=O)N[C@@H](CO)C(=O)NCC(N)=O)C(C)C. The quantitative estimate of drug-likeness (QED) is 0.0223. The van der Waals surface area contributed by atoms with Gasteiger partial charge in [-0.3, -0.25) is 52.7 Å². The molecule has 2 heterocycles. The number of primary amides is 1. The number of aliphatic hydroxyl groups excluding tert-OH is 2. The molecule has 408 valence electrons. The minimum atomic E-state index is -1.77. The van der Waals surface area contributed by atoms with Crippen LogP contribution >= 0.6 is 21.6 Å². The van der Waals surface area contributed by atoms with Gasteiger partial charge in [-0.25, -0.2) is 0 Å². The molecule has 2 rings (SSSR count). The summed E-state index contributed by atoms with van der Waals surface area (Å²) < 4.78 is 0. The molecule has 0 aromatic heterocycles. The van der Waals surface area contributed by atoms with E-state index >= 15 is 0 Å². The average molecular weight is 1060 g/mol. The summed E-state index contributed by atoms with van der Waals surface area (Å²) in [4.78, 5) is 148. The fraction of sp³-hybridized carbons (Fsp3) is 0.750. The number of nitrogens with two attached hydrogens (primary N) is 3. The first-order valence-electron chi connectivity index (χ1n) is 24.1. The van der Waals surface area contributed by atoms with Crippen molar-refractivity contribution < 1.29 is 68.1 Å². The Balaban J connectivity index is 2.32. The number of hydrogen-bond donors (Lipinski definition) is 13. The van der Waals surface area contributed by atoms with Crippen LogP contribution < -0.4 is 54.4 Å². The van der Waals surface area contributed by atoms with Crippen LogP contribution in [0.1, 0.15) is 92.4 Å². The number of rotatable bonds is 32. The van der Waals surface area contributed by atoms with Gasteiger partial charge in [0.2, 0.25) is 59.1 Å². The Morgan fingerprint density at radius 1 is 0.653 bits per heavy atom. The molecule has 2 saturated heterocycles. The molecule has 0 saturated carbocycles. The molecular formula is C44H76N12O14S2. The van der Waals surface area contributed by atoms with E-state index in [2.05, 4.69) is 37.2 Å². The summed E-state index contributed by atoms with van der Waals surface area (Å²) >= 11 is 0. The first-order valence-corrected chi connectivity index (χ1v) is 26.6. The van der Waals surface area contributed by atoms with Crippen molar-refractivity contribution in [2.24, 2.45) is 29.0 Å². The van der Waals surface area contributed by atoms with Gasteiger partial charge in [-0.05, 0) is 69.7 Å². The minimum absolute atomic E-state index is 0.00980. The summed E-state index contributed by atoms with van der Waals surface area (Å²) in [5.74, 6) is -9.67. The van der Waals surface area contributed by atoms with Crippen molar-refractivity contribution in [3.8, 4) is 0 Å². The zero-order valence-electron chi connectivity index (χ0n) is 41.6. The Morgan fingerprint density at radius 2 is 1.19 bits per heavy atom. The van der Waals surface area contributed by atoms with Gasteiger partial charge < -0.3 is 79.5 Å². The Labute approximate surface area is 427 Å². The second-order valence-electron chi connectivity index (χ2n) is 18.3. The smallest absolute Gasteiger partial charge is 0.305 e. The third-order valence-corrected chi connectivity index (χ3v) is 14.2. The zero-order chi connectivity index (χ0) is 54.2. The van der Waals surface area contributed by atoms with Gasteiger partial charge in [0, 0.05) is 24.6 Å². The van der Waals surface area contributed by atoms with Crippen molar-refractivity contribution in [3.63, 3.8) is 0 Å². The van der Waals surface area contributed by atoms with Crippen molar-refractivity contribution in [2.75, 3.05) is 50.9 Å². The van der Waals surface area contributed by atoms with Crippen LogP contribution in [0.4, 0.5) is 0 Å². The molecule has 0 aliphatic carbocycles. The van der Waals surface area contributed by atoms with Crippen LogP contribution in [0, 0.1) is 11.8 Å². The molecule has 0 radical (unpaired) electrons. The van der Waals surface area contributed by atoms with Gasteiger partial charge in [-0.2, -0.15) is 0 Å². The highest BCUT2D eigenvalue weighted by Gasteiger charge is 2.43. The Kier molecular flexibility index (Phi) is 27.9. The molecule has 0 bridgehead atoms. The van der Waals surface area contributed by atoms with E-state index in [4.69, 9.17) is 17.2 Å². The number of carbonyl (C=O) groups excluding carboxylic acids is 10. The van der Waals surface area contributed by atoms with Gasteiger partial charge in [-0.1, -0.05) is 56.2 Å². The highest BCUT2D eigenvalue weighted by atomic mass is 33.1. The fourth-order valence-corrected chi connectivity index (χ4v) is 9.73. The van der Waals surface area contributed by atoms with Crippen LogP contribution in [0.3, 0.4) is 0 Å². The van der Waals surface area contributed by atoms with Gasteiger partial charge >= 0.3 is 5.97 Å². The van der Waals surface area contributed by atoms with Crippen LogP contribution in [-0.4, -0.2) is 195 Å². The molecule has 9 atom stereocenters. The molecule has 16 N–H and O–H groups in total. The van der Waals surface area contributed by atoms with Gasteiger partial charge in [0.05, 0.1) is 26.2 Å². The number of carboxylic acid groups (broad SMARTS) is 1. The highest BCUT2D eigenvalue weighted by Crippen LogP contribution is 2.25. The maximum absolute atomic E-state index is 14.3. The third-order valence-electron chi connectivity index (χ3n) is 11.7. The number of aliphatic hydroxyl groups is 2. The molecule has 10 amide bonds. The number of carbonyl (C=O) groups is 11. The van der Waals surface area contributed by atoms with Crippen LogP contribution in [0.15, 0.2) is 0 Å². The van der Waals surface area contributed by atoms with Crippen LogP contribution in [0.25, 0.3) is 0 Å². The molecule has 0 aromatic rings.